The van der Waals surface area contributed by atoms with E-state index < -0.39 is 5.60 Å². The number of halogens is 1. The van der Waals surface area contributed by atoms with Crippen molar-refractivity contribution in [2.75, 3.05) is 0 Å². The zero-order valence-corrected chi connectivity index (χ0v) is 21.2. The largest absolute Gasteiger partial charge is 0.488 e. The molecule has 0 aliphatic rings. The summed E-state index contributed by atoms with van der Waals surface area (Å²) in [5, 5.41) is 19.2. The van der Waals surface area contributed by atoms with E-state index in [-0.39, 0.29) is 5.41 Å². The number of aliphatic hydroxyl groups is 1. The lowest BCUT2D eigenvalue weighted by atomic mass is 9.91. The van der Waals surface area contributed by atoms with Crippen LogP contribution in [-0.4, -0.2) is 25.1 Å². The molecule has 33 heavy (non-hydrogen) atoms. The van der Waals surface area contributed by atoms with Crippen LogP contribution in [0.4, 0.5) is 0 Å². The van der Waals surface area contributed by atoms with Gasteiger partial charge in [-0.05, 0) is 76.1 Å². The fourth-order valence-electron chi connectivity index (χ4n) is 3.79. The van der Waals surface area contributed by atoms with Gasteiger partial charge in [-0.3, -0.25) is 4.98 Å². The van der Waals surface area contributed by atoms with Crippen LogP contribution >= 0.6 is 15.9 Å². The predicted octanol–water partition coefficient (Wildman–Crippen LogP) is 6.11. The summed E-state index contributed by atoms with van der Waals surface area (Å²) < 4.78 is 8.88. The highest BCUT2D eigenvalue weighted by atomic mass is 79.9. The number of rotatable bonds is 6. The second kappa shape index (κ2) is 8.88. The Kier molecular flexibility index (Phi) is 6.29. The molecule has 0 aliphatic heterocycles. The van der Waals surface area contributed by atoms with E-state index in [1.54, 1.807) is 26.2 Å². The molecule has 0 unspecified atom stereocenters. The van der Waals surface area contributed by atoms with Gasteiger partial charge in [-0.2, -0.15) is 0 Å². The molecule has 2 heterocycles. The Morgan fingerprint density at radius 3 is 2.58 bits per heavy atom. The van der Waals surface area contributed by atoms with Gasteiger partial charge >= 0.3 is 0 Å². The van der Waals surface area contributed by atoms with Crippen molar-refractivity contribution in [2.45, 2.75) is 53.4 Å². The first-order chi connectivity index (χ1) is 15.5. The molecule has 0 radical (unpaired) electrons. The summed E-state index contributed by atoms with van der Waals surface area (Å²) in [6, 6.07) is 14.0. The number of nitrogens with zero attached hydrogens (tertiary/aromatic N) is 4. The summed E-state index contributed by atoms with van der Waals surface area (Å²) >= 11 is 3.66. The van der Waals surface area contributed by atoms with Crippen LogP contribution in [0.5, 0.6) is 5.75 Å². The van der Waals surface area contributed by atoms with Gasteiger partial charge < -0.3 is 9.84 Å². The Morgan fingerprint density at radius 2 is 1.85 bits per heavy atom. The van der Waals surface area contributed by atoms with Gasteiger partial charge in [-0.25, -0.2) is 4.68 Å². The average Bonchev–Trinajstić information content (AvgIpc) is 3.15. The molecule has 0 amide bonds. The fourth-order valence-corrected chi connectivity index (χ4v) is 4.32. The third-order valence-corrected chi connectivity index (χ3v) is 6.09. The Morgan fingerprint density at radius 1 is 1.06 bits per heavy atom. The molecule has 2 aromatic heterocycles. The lowest BCUT2D eigenvalue weighted by Crippen LogP contribution is -2.17. The topological polar surface area (TPSA) is 73.1 Å². The first kappa shape index (κ1) is 23.4. The summed E-state index contributed by atoms with van der Waals surface area (Å²) in [4.78, 5) is 4.19. The second-order valence-corrected chi connectivity index (χ2v) is 10.8. The smallest absolute Gasteiger partial charge is 0.136 e. The Bertz CT molecular complexity index is 1290. The number of ether oxygens (including phenoxy) is 1. The van der Waals surface area contributed by atoms with Gasteiger partial charge in [-0.1, -0.05) is 44.2 Å². The van der Waals surface area contributed by atoms with Gasteiger partial charge in [0.2, 0.25) is 0 Å². The van der Waals surface area contributed by atoms with Crippen LogP contribution in [-0.2, 0) is 18.8 Å². The molecule has 2 aromatic carbocycles. The van der Waals surface area contributed by atoms with Crippen molar-refractivity contribution in [2.24, 2.45) is 5.41 Å². The van der Waals surface area contributed by atoms with E-state index in [1.165, 1.54) is 0 Å². The van der Waals surface area contributed by atoms with E-state index in [1.807, 2.05) is 41.1 Å². The fraction of sp³-hybridized carbons (Fsp3) is 0.346. The van der Waals surface area contributed by atoms with Crippen LogP contribution in [0.25, 0.3) is 22.2 Å². The maximum absolute atomic E-state index is 10.6. The van der Waals surface area contributed by atoms with E-state index in [9.17, 15) is 5.11 Å². The zero-order chi connectivity index (χ0) is 23.8. The highest BCUT2D eigenvalue weighted by molar-refractivity contribution is 9.10. The summed E-state index contributed by atoms with van der Waals surface area (Å²) in [5.41, 5.74) is 4.66. The molecule has 172 valence electrons. The van der Waals surface area contributed by atoms with E-state index in [2.05, 4.69) is 58.1 Å². The molecule has 0 bridgehead atoms. The summed E-state index contributed by atoms with van der Waals surface area (Å²) in [6.45, 7) is 11.3. The van der Waals surface area contributed by atoms with Crippen molar-refractivity contribution in [1.82, 2.24) is 20.0 Å². The molecule has 0 atom stereocenters. The van der Waals surface area contributed by atoms with Crippen LogP contribution in [0.2, 0.25) is 0 Å². The standard InChI is InChI=1S/C26H29BrN4O2/c1-25(2,3)16-31-21-9-10-22(23(27)24(21)29-30-31)33-15-17-7-6-8-18(13-17)19-11-12-28-14-20(19)26(4,5)32/h6-14,32H,15-16H2,1-5H3. The van der Waals surface area contributed by atoms with E-state index in [0.29, 0.717) is 6.61 Å². The molecule has 1 N–H and O–H groups in total. The minimum atomic E-state index is -0.985. The molecule has 0 saturated heterocycles. The molecule has 4 aromatic rings. The maximum Gasteiger partial charge on any atom is 0.136 e. The van der Waals surface area contributed by atoms with Crippen LogP contribution < -0.4 is 4.74 Å². The number of pyridine rings is 1. The van der Waals surface area contributed by atoms with Crippen molar-refractivity contribution in [1.29, 1.82) is 0 Å². The Hall–Kier alpha value is -2.77. The van der Waals surface area contributed by atoms with E-state index in [0.717, 1.165) is 50.1 Å². The van der Waals surface area contributed by atoms with Gasteiger partial charge in [0, 0.05) is 24.5 Å². The molecule has 7 heteroatoms. The third kappa shape index (κ3) is 5.25. The molecule has 0 fully saturated rings. The molecule has 4 rings (SSSR count). The van der Waals surface area contributed by atoms with E-state index >= 15 is 0 Å². The van der Waals surface area contributed by atoms with Crippen molar-refractivity contribution in [3.8, 4) is 16.9 Å². The molecular weight excluding hydrogens is 480 g/mol. The first-order valence-electron chi connectivity index (χ1n) is 10.9. The van der Waals surface area contributed by atoms with Gasteiger partial charge in [0.05, 0.1) is 15.6 Å². The average molecular weight is 509 g/mol. The van der Waals surface area contributed by atoms with Gasteiger partial charge in [0.15, 0.2) is 0 Å². The summed E-state index contributed by atoms with van der Waals surface area (Å²) in [5.74, 6) is 0.719. The highest BCUT2D eigenvalue weighted by Gasteiger charge is 2.21. The third-order valence-electron chi connectivity index (χ3n) is 5.33. The van der Waals surface area contributed by atoms with Crippen LogP contribution in [0.15, 0.2) is 59.3 Å². The number of hydrogen-bond donors (Lipinski definition) is 1. The SMILES string of the molecule is CC(C)(C)Cn1nnc2c(Br)c(OCc3cccc(-c4ccncc4C(C)(C)O)c3)ccc21. The van der Waals surface area contributed by atoms with E-state index in [4.69, 9.17) is 4.74 Å². The zero-order valence-electron chi connectivity index (χ0n) is 19.6. The Balaban J connectivity index is 1.57. The van der Waals surface area contributed by atoms with Crippen molar-refractivity contribution in [3.05, 3.63) is 70.5 Å². The minimum absolute atomic E-state index is 0.104. The highest BCUT2D eigenvalue weighted by Crippen LogP contribution is 2.34. The lowest BCUT2D eigenvalue weighted by Gasteiger charge is -2.21. The van der Waals surface area contributed by atoms with Crippen molar-refractivity contribution in [3.63, 3.8) is 0 Å². The van der Waals surface area contributed by atoms with Crippen molar-refractivity contribution < 1.29 is 9.84 Å². The van der Waals surface area contributed by atoms with Gasteiger partial charge in [0.1, 0.15) is 17.9 Å². The van der Waals surface area contributed by atoms with Crippen molar-refractivity contribution >= 4 is 27.0 Å². The minimum Gasteiger partial charge on any atom is -0.488 e. The molecule has 6 nitrogen and oxygen atoms in total. The van der Waals surface area contributed by atoms with Crippen LogP contribution in [0.3, 0.4) is 0 Å². The second-order valence-electron chi connectivity index (χ2n) is 10.0. The monoisotopic (exact) mass is 508 g/mol. The lowest BCUT2D eigenvalue weighted by molar-refractivity contribution is 0.0788. The molecule has 0 aliphatic carbocycles. The molecule has 0 spiro atoms. The maximum atomic E-state index is 10.6. The molecule has 0 saturated carbocycles. The first-order valence-corrected chi connectivity index (χ1v) is 11.7. The number of hydrogen-bond acceptors (Lipinski definition) is 5. The normalized spacial score (nSPS) is 12.3. The van der Waals surface area contributed by atoms with Crippen LogP contribution in [0, 0.1) is 5.41 Å². The van der Waals surface area contributed by atoms with Gasteiger partial charge in [0.25, 0.3) is 0 Å². The summed E-state index contributed by atoms with van der Waals surface area (Å²) in [7, 11) is 0. The van der Waals surface area contributed by atoms with Crippen LogP contribution in [0.1, 0.15) is 45.7 Å². The Labute approximate surface area is 202 Å². The quantitative estimate of drug-likeness (QED) is 0.340. The number of fused-ring (bicyclic) bond motifs is 1. The predicted molar refractivity (Wildman–Crippen MR) is 134 cm³/mol. The molecular formula is C26H29BrN4O2. The number of benzene rings is 2. The van der Waals surface area contributed by atoms with Gasteiger partial charge in [-0.15, -0.1) is 5.10 Å². The number of aromatic nitrogens is 4. The summed E-state index contributed by atoms with van der Waals surface area (Å²) in [6.07, 6.45) is 3.46.